The van der Waals surface area contributed by atoms with Crippen molar-refractivity contribution >= 4 is 29.3 Å². The number of Topliss-reactive ketones (excluding diaryl/α,β-unsaturated/α-hetero) is 3. The number of esters is 1. The van der Waals surface area contributed by atoms with Gasteiger partial charge in [-0.25, -0.2) is 0 Å². The Bertz CT molecular complexity index is 2000. The van der Waals surface area contributed by atoms with Gasteiger partial charge in [-0.15, -0.1) is 0 Å². The van der Waals surface area contributed by atoms with E-state index >= 15 is 0 Å². The molecule has 2 fully saturated rings. The standard InChI is InChI=1S/C53H79NO20/c1-29-18-16-14-12-10-8-6-7-9-11-13-15-17-19-38(73-53-50(67)47(54)49(66)33(5)72-53)27-42(62)46(52(68)69)41(61)25-37(58)24-40(60)39(59)21-20-34(55)22-35(56)23-36(57)26-44(64)70-31(3)30(2)51(29)74-45-28-43(63)48(65)32(4)71-45/h6-19,29-33,35-36,38-42,45-51,53,56-57,59-62,65-67H,20-28,54H2,1-5H3,(H,68,69). The first-order valence-electron chi connectivity index (χ1n) is 25.1. The maximum atomic E-state index is 13.0. The second-order valence-corrected chi connectivity index (χ2v) is 19.4. The van der Waals surface area contributed by atoms with Crippen LogP contribution in [0.15, 0.2) is 85.1 Å². The first-order valence-corrected chi connectivity index (χ1v) is 25.1. The van der Waals surface area contributed by atoms with Gasteiger partial charge in [0, 0.05) is 50.4 Å². The molecule has 12 N–H and O–H groups in total. The van der Waals surface area contributed by atoms with Gasteiger partial charge in [-0.2, -0.15) is 0 Å². The first-order chi connectivity index (χ1) is 34.9. The van der Waals surface area contributed by atoms with E-state index in [1.54, 1.807) is 87.6 Å². The number of carbonyl (C=O) groups excluding carboxylic acids is 4. The normalized spacial score (nSPS) is 39.3. The number of cyclic esters (lactones) is 1. The third-order valence-corrected chi connectivity index (χ3v) is 13.1. The SMILES string of the molecule is CC1C=CC=CC=CC=CC=CC=CC=CC(OC2OC(C)C(O)C(N)C2O)CC(O)C(C(=O)O)C(O)CC(=O)CC(O)C(O)CCC(=O)CC(O)CC(O)CC(=O)OC(C)C(C)C1OC1CC(=O)C(O)C(C)O1. The maximum absolute atomic E-state index is 13.0. The predicted molar refractivity (Wildman–Crippen MR) is 266 cm³/mol. The van der Waals surface area contributed by atoms with Gasteiger partial charge in [0.1, 0.15) is 35.8 Å². The Morgan fingerprint density at radius 1 is 0.581 bits per heavy atom. The molecule has 3 heterocycles. The van der Waals surface area contributed by atoms with Crippen molar-refractivity contribution in [2.75, 3.05) is 0 Å². The maximum Gasteiger partial charge on any atom is 0.311 e. The van der Waals surface area contributed by atoms with Gasteiger partial charge in [-0.3, -0.25) is 24.0 Å². The van der Waals surface area contributed by atoms with Gasteiger partial charge < -0.3 is 80.5 Å². The first kappa shape index (κ1) is 63.9. The largest absolute Gasteiger partial charge is 0.481 e. The Balaban J connectivity index is 1.85. The summed E-state index contributed by atoms with van der Waals surface area (Å²) in [5, 5.41) is 106. The summed E-state index contributed by atoms with van der Waals surface area (Å²) < 4.78 is 29.3. The van der Waals surface area contributed by atoms with E-state index in [9.17, 15) is 75.0 Å². The fourth-order valence-corrected chi connectivity index (χ4v) is 8.55. The number of ketones is 3. The van der Waals surface area contributed by atoms with Crippen LogP contribution in [0, 0.1) is 17.8 Å². The van der Waals surface area contributed by atoms with Crippen LogP contribution in [0.2, 0.25) is 0 Å². The van der Waals surface area contributed by atoms with Crippen LogP contribution < -0.4 is 5.73 Å². The molecule has 0 aliphatic carbocycles. The molecule has 74 heavy (non-hydrogen) atoms. The summed E-state index contributed by atoms with van der Waals surface area (Å²) in [6, 6.07) is -1.18. The van der Waals surface area contributed by atoms with Crippen LogP contribution in [0.1, 0.15) is 92.4 Å². The smallest absolute Gasteiger partial charge is 0.311 e. The van der Waals surface area contributed by atoms with Gasteiger partial charge in [0.05, 0.1) is 86.0 Å². The molecule has 20 unspecified atom stereocenters. The number of rotatable bonds is 5. The number of hydrogen-bond acceptors (Lipinski definition) is 20. The highest BCUT2D eigenvalue weighted by atomic mass is 16.7. The number of carboxylic acids is 1. The minimum Gasteiger partial charge on any atom is -0.481 e. The molecule has 0 aromatic heterocycles. The van der Waals surface area contributed by atoms with Crippen molar-refractivity contribution < 1.29 is 98.7 Å². The van der Waals surface area contributed by atoms with E-state index in [1.807, 2.05) is 13.0 Å². The van der Waals surface area contributed by atoms with Crippen LogP contribution in [0.25, 0.3) is 0 Å². The Labute approximate surface area is 432 Å². The summed E-state index contributed by atoms with van der Waals surface area (Å²) >= 11 is 0. The number of carbonyl (C=O) groups is 5. The van der Waals surface area contributed by atoms with Crippen molar-refractivity contribution in [1.29, 1.82) is 0 Å². The Morgan fingerprint density at radius 2 is 1.14 bits per heavy atom. The van der Waals surface area contributed by atoms with Crippen LogP contribution in [-0.4, -0.2) is 184 Å². The van der Waals surface area contributed by atoms with E-state index in [0.717, 1.165) is 0 Å². The van der Waals surface area contributed by atoms with Gasteiger partial charge in [-0.1, -0.05) is 98.9 Å². The summed E-state index contributed by atoms with van der Waals surface area (Å²) in [6.07, 6.45) is -1.43. The van der Waals surface area contributed by atoms with Crippen molar-refractivity contribution in [3.05, 3.63) is 85.1 Å². The molecule has 3 rings (SSSR count). The lowest BCUT2D eigenvalue weighted by molar-refractivity contribution is -0.277. The van der Waals surface area contributed by atoms with E-state index in [4.69, 9.17) is 29.4 Å². The summed E-state index contributed by atoms with van der Waals surface area (Å²) in [4.78, 5) is 63.5. The summed E-state index contributed by atoms with van der Waals surface area (Å²) in [7, 11) is 0. The number of hydrogen-bond donors (Lipinski definition) is 11. The Morgan fingerprint density at radius 3 is 1.72 bits per heavy atom. The summed E-state index contributed by atoms with van der Waals surface area (Å²) in [5.41, 5.74) is 5.97. The van der Waals surface area contributed by atoms with Gasteiger partial charge >= 0.3 is 11.9 Å². The van der Waals surface area contributed by atoms with E-state index in [1.165, 1.54) is 19.1 Å². The van der Waals surface area contributed by atoms with Crippen LogP contribution >= 0.6 is 0 Å². The molecular weight excluding hydrogens is 971 g/mol. The molecule has 0 saturated carbocycles. The highest BCUT2D eigenvalue weighted by Crippen LogP contribution is 2.30. The molecule has 0 aromatic carbocycles. The van der Waals surface area contributed by atoms with Crippen LogP contribution in [-0.2, 0) is 47.7 Å². The quantitative estimate of drug-likeness (QED) is 0.170. The van der Waals surface area contributed by atoms with E-state index < -0.39 is 184 Å². The molecular formula is C53H79NO20. The van der Waals surface area contributed by atoms with Crippen molar-refractivity contribution in [2.24, 2.45) is 23.5 Å². The zero-order valence-corrected chi connectivity index (χ0v) is 42.6. The van der Waals surface area contributed by atoms with Crippen molar-refractivity contribution in [2.45, 2.75) is 196 Å². The average molecular weight is 1050 g/mol. The summed E-state index contributed by atoms with van der Waals surface area (Å²) in [5.74, 6) is -7.17. The monoisotopic (exact) mass is 1050 g/mol. The second-order valence-electron chi connectivity index (χ2n) is 19.4. The van der Waals surface area contributed by atoms with Crippen LogP contribution in [0.3, 0.4) is 0 Å². The fraction of sp³-hybridized carbons (Fsp3) is 0.642. The van der Waals surface area contributed by atoms with Crippen molar-refractivity contribution in [3.63, 3.8) is 0 Å². The molecule has 416 valence electrons. The van der Waals surface area contributed by atoms with Gasteiger partial charge in [0.15, 0.2) is 18.4 Å². The third-order valence-electron chi connectivity index (χ3n) is 13.1. The topological polar surface area (TPSA) is 360 Å². The molecule has 3 aliphatic heterocycles. The number of allylic oxidation sites excluding steroid dienone is 12. The Kier molecular flexibility index (Phi) is 27.8. The van der Waals surface area contributed by atoms with E-state index in [-0.39, 0.29) is 25.2 Å². The lowest BCUT2D eigenvalue weighted by Gasteiger charge is -2.41. The molecule has 0 amide bonds. The number of carboxylic acid groups (broad SMARTS) is 1. The lowest BCUT2D eigenvalue weighted by Crippen LogP contribution is -2.61. The number of aliphatic hydroxyl groups is 9. The van der Waals surface area contributed by atoms with Gasteiger partial charge in [-0.05, 0) is 27.2 Å². The highest BCUT2D eigenvalue weighted by Gasteiger charge is 2.44. The predicted octanol–water partition coefficient (Wildman–Crippen LogP) is 0.852. The molecule has 0 aromatic rings. The van der Waals surface area contributed by atoms with Crippen molar-refractivity contribution in [1.82, 2.24) is 0 Å². The fourth-order valence-electron chi connectivity index (χ4n) is 8.55. The van der Waals surface area contributed by atoms with Crippen LogP contribution in [0.5, 0.6) is 0 Å². The van der Waals surface area contributed by atoms with Crippen molar-refractivity contribution in [3.8, 4) is 0 Å². The minimum absolute atomic E-state index is 0.196. The minimum atomic E-state index is -1.99. The zero-order chi connectivity index (χ0) is 55.2. The number of aliphatic hydroxyl groups excluding tert-OH is 9. The molecule has 21 nitrogen and oxygen atoms in total. The molecule has 3 aliphatic rings. The van der Waals surface area contributed by atoms with Crippen LogP contribution in [0.4, 0.5) is 0 Å². The van der Waals surface area contributed by atoms with Gasteiger partial charge in [0.25, 0.3) is 0 Å². The molecule has 0 bridgehead atoms. The highest BCUT2D eigenvalue weighted by molar-refractivity contribution is 5.84. The van der Waals surface area contributed by atoms with Gasteiger partial charge in [0.2, 0.25) is 0 Å². The molecule has 2 saturated heterocycles. The van der Waals surface area contributed by atoms with E-state index in [0.29, 0.717) is 0 Å². The molecule has 20 atom stereocenters. The number of aliphatic carboxylic acids is 1. The average Bonchev–Trinajstić information content (AvgIpc) is 3.31. The third kappa shape index (κ3) is 21.7. The second kappa shape index (κ2) is 32.2. The Hall–Kier alpha value is -4.43. The molecule has 0 radical (unpaired) electrons. The zero-order valence-electron chi connectivity index (χ0n) is 42.6. The number of nitrogens with two attached hydrogens (primary N) is 1. The molecule has 21 heteroatoms. The molecule has 0 spiro atoms. The number of ether oxygens (including phenoxy) is 5. The summed E-state index contributed by atoms with van der Waals surface area (Å²) in [6.45, 7) is 8.34. The lowest BCUT2D eigenvalue weighted by atomic mass is 9.88. The van der Waals surface area contributed by atoms with E-state index in [2.05, 4.69) is 0 Å².